The van der Waals surface area contributed by atoms with Gasteiger partial charge in [-0.1, -0.05) is 0 Å². The first-order valence-electron chi connectivity index (χ1n) is 12.6. The molecule has 0 amide bonds. The lowest BCUT2D eigenvalue weighted by Gasteiger charge is -2.44. The van der Waals surface area contributed by atoms with E-state index in [1.165, 1.54) is 0 Å². The third-order valence-electron chi connectivity index (χ3n) is 4.49. The topological polar surface area (TPSA) is 95.8 Å². The van der Waals surface area contributed by atoms with Crippen molar-refractivity contribution in [3.8, 4) is 0 Å². The van der Waals surface area contributed by atoms with Crippen molar-refractivity contribution in [3.05, 3.63) is 0 Å². The highest BCUT2D eigenvalue weighted by atomic mass is 28.5. The first-order chi connectivity index (χ1) is 15.4. The molecule has 0 aliphatic heterocycles. The zero-order chi connectivity index (χ0) is 26.5. The van der Waals surface area contributed by atoms with Gasteiger partial charge in [0.25, 0.3) is 0 Å². The number of aliphatic hydroxyl groups excluding tert-OH is 2. The van der Waals surface area contributed by atoms with E-state index in [9.17, 15) is 0 Å². The van der Waals surface area contributed by atoms with Gasteiger partial charge in [0.2, 0.25) is 0 Å². The SMILES string of the molecule is C[Si](C)(C)O[Si](C)(C)O[Si](C)(CCCOCCCO)O[Si](C)(CCCOCCO)O[Si](C)(C)C. The van der Waals surface area contributed by atoms with E-state index in [2.05, 4.69) is 65.5 Å². The zero-order valence-corrected chi connectivity index (χ0v) is 28.6. The lowest BCUT2D eigenvalue weighted by atomic mass is 10.5. The molecule has 0 fully saturated rings. The highest BCUT2D eigenvalue weighted by Crippen LogP contribution is 2.31. The quantitative estimate of drug-likeness (QED) is 0.150. The lowest BCUT2D eigenvalue weighted by Crippen LogP contribution is -2.60. The maximum absolute atomic E-state index is 8.97. The van der Waals surface area contributed by atoms with E-state index in [0.29, 0.717) is 32.8 Å². The van der Waals surface area contributed by atoms with E-state index < -0.39 is 42.3 Å². The van der Waals surface area contributed by atoms with Crippen LogP contribution in [0.3, 0.4) is 0 Å². The van der Waals surface area contributed by atoms with Gasteiger partial charge in [-0.25, -0.2) is 0 Å². The molecule has 0 saturated carbocycles. The summed E-state index contributed by atoms with van der Waals surface area (Å²) in [5, 5.41) is 17.9. The second kappa shape index (κ2) is 15.9. The maximum Gasteiger partial charge on any atom is 0.317 e. The molecule has 0 aliphatic carbocycles. The third-order valence-corrected chi connectivity index (χ3v) is 22.8. The first kappa shape index (κ1) is 34.8. The van der Waals surface area contributed by atoms with Crippen molar-refractivity contribution in [1.82, 2.24) is 0 Å². The first-order valence-corrected chi connectivity index (χ1v) is 27.3. The Balaban J connectivity index is 5.56. The van der Waals surface area contributed by atoms with Crippen molar-refractivity contribution in [2.45, 2.75) is 96.8 Å². The predicted octanol–water partition coefficient (Wildman–Crippen LogP) is 4.76. The molecule has 0 aliphatic rings. The van der Waals surface area contributed by atoms with Crippen LogP contribution in [0.1, 0.15) is 19.3 Å². The summed E-state index contributed by atoms with van der Waals surface area (Å²) in [6.07, 6.45) is 2.32. The summed E-state index contributed by atoms with van der Waals surface area (Å²) in [7, 11) is -11.3. The monoisotopic (exact) mass is 574 g/mol. The Morgan fingerprint density at radius 1 is 0.471 bits per heavy atom. The summed E-state index contributed by atoms with van der Waals surface area (Å²) in [6.45, 7) is 24.0. The Kier molecular flexibility index (Phi) is 16.2. The Labute approximate surface area is 214 Å². The molecule has 13 heteroatoms. The van der Waals surface area contributed by atoms with Gasteiger partial charge in [-0.2, -0.15) is 0 Å². The molecule has 8 nitrogen and oxygen atoms in total. The smallest absolute Gasteiger partial charge is 0.317 e. The average molecular weight is 575 g/mol. The third kappa shape index (κ3) is 19.0. The highest BCUT2D eigenvalue weighted by molar-refractivity contribution is 6.90. The molecule has 34 heavy (non-hydrogen) atoms. The molecule has 0 spiro atoms. The second-order valence-electron chi connectivity index (χ2n) is 11.5. The van der Waals surface area contributed by atoms with Crippen molar-refractivity contribution in [2.75, 3.05) is 39.6 Å². The summed E-state index contributed by atoms with van der Waals surface area (Å²) in [6, 6.07) is 1.62. The molecule has 0 aromatic heterocycles. The average Bonchev–Trinajstić information content (AvgIpc) is 2.59. The molecule has 0 aromatic rings. The van der Waals surface area contributed by atoms with E-state index >= 15 is 0 Å². The van der Waals surface area contributed by atoms with Crippen molar-refractivity contribution in [2.24, 2.45) is 0 Å². The van der Waals surface area contributed by atoms with E-state index in [1.807, 2.05) is 0 Å². The van der Waals surface area contributed by atoms with Gasteiger partial charge < -0.3 is 36.1 Å². The minimum atomic E-state index is -2.66. The largest absolute Gasteiger partial charge is 0.437 e. The summed E-state index contributed by atoms with van der Waals surface area (Å²) in [5.74, 6) is 0. The van der Waals surface area contributed by atoms with Crippen LogP contribution in [0.4, 0.5) is 0 Å². The molecule has 0 heterocycles. The number of ether oxygens (including phenoxy) is 2. The van der Waals surface area contributed by atoms with Crippen LogP contribution in [0.5, 0.6) is 0 Å². The maximum atomic E-state index is 8.97. The number of aliphatic hydroxyl groups is 2. The normalized spacial score (nSPS) is 16.9. The van der Waals surface area contributed by atoms with Crippen molar-refractivity contribution < 1.29 is 36.1 Å². The van der Waals surface area contributed by atoms with Crippen LogP contribution in [-0.4, -0.2) is 92.2 Å². The van der Waals surface area contributed by atoms with Crippen molar-refractivity contribution in [1.29, 1.82) is 0 Å². The molecule has 0 radical (unpaired) electrons. The highest BCUT2D eigenvalue weighted by Gasteiger charge is 2.48. The number of hydrogen-bond donors (Lipinski definition) is 2. The van der Waals surface area contributed by atoms with Crippen LogP contribution >= 0.6 is 0 Å². The summed E-state index contributed by atoms with van der Waals surface area (Å²) in [4.78, 5) is 0. The summed E-state index contributed by atoms with van der Waals surface area (Å²) in [5.41, 5.74) is 0. The number of hydrogen-bond acceptors (Lipinski definition) is 8. The van der Waals surface area contributed by atoms with Crippen molar-refractivity contribution >= 4 is 42.3 Å². The Morgan fingerprint density at radius 2 is 0.912 bits per heavy atom. The van der Waals surface area contributed by atoms with Crippen LogP contribution in [0.2, 0.25) is 77.6 Å². The zero-order valence-electron chi connectivity index (χ0n) is 23.6. The van der Waals surface area contributed by atoms with E-state index in [0.717, 1.165) is 24.9 Å². The lowest BCUT2D eigenvalue weighted by molar-refractivity contribution is 0.0918. The van der Waals surface area contributed by atoms with Gasteiger partial charge >= 0.3 is 25.7 Å². The van der Waals surface area contributed by atoms with Crippen LogP contribution in [0, 0.1) is 0 Å². The van der Waals surface area contributed by atoms with Crippen LogP contribution in [0.25, 0.3) is 0 Å². The van der Waals surface area contributed by atoms with E-state index in [4.69, 9.17) is 36.1 Å². The Morgan fingerprint density at radius 3 is 1.35 bits per heavy atom. The van der Waals surface area contributed by atoms with E-state index in [1.54, 1.807) is 0 Å². The fraction of sp³-hybridized carbons (Fsp3) is 1.00. The van der Waals surface area contributed by atoms with Gasteiger partial charge in [0.15, 0.2) is 16.6 Å². The Hall–Kier alpha value is 0.764. The molecular weight excluding hydrogens is 521 g/mol. The fourth-order valence-corrected chi connectivity index (χ4v) is 27.8. The molecule has 2 unspecified atom stereocenters. The van der Waals surface area contributed by atoms with Crippen molar-refractivity contribution in [3.63, 3.8) is 0 Å². The Bertz CT molecular complexity index is 544. The predicted molar refractivity (Wildman–Crippen MR) is 151 cm³/mol. The minimum Gasteiger partial charge on any atom is -0.437 e. The molecular formula is C21H54O8Si5. The minimum absolute atomic E-state index is 0.0343. The van der Waals surface area contributed by atoms with Gasteiger partial charge in [0.05, 0.1) is 13.2 Å². The molecule has 0 bridgehead atoms. The van der Waals surface area contributed by atoms with Gasteiger partial charge in [0.1, 0.15) is 0 Å². The van der Waals surface area contributed by atoms with Gasteiger partial charge in [-0.15, -0.1) is 0 Å². The van der Waals surface area contributed by atoms with Crippen LogP contribution in [-0.2, 0) is 25.9 Å². The molecule has 0 rings (SSSR count). The molecule has 2 atom stereocenters. The van der Waals surface area contributed by atoms with Gasteiger partial charge in [-0.05, 0) is 96.8 Å². The molecule has 206 valence electrons. The standard InChI is InChI=1S/C21H54O8Si5/c1-30(2,3)26-32(7,8)28-34(10,21-12-17-24-16-11-14-22)29-33(9,27-31(4,5)6)20-13-18-25-19-15-23/h22-23H,11-21H2,1-10H3. The summed E-state index contributed by atoms with van der Waals surface area (Å²) < 4.78 is 38.3. The molecule has 0 aromatic carbocycles. The van der Waals surface area contributed by atoms with Crippen LogP contribution in [0.15, 0.2) is 0 Å². The number of rotatable bonds is 21. The molecule has 0 saturated heterocycles. The summed E-state index contributed by atoms with van der Waals surface area (Å²) >= 11 is 0. The van der Waals surface area contributed by atoms with Gasteiger partial charge in [0, 0.05) is 26.4 Å². The van der Waals surface area contributed by atoms with E-state index in [-0.39, 0.29) is 13.2 Å². The molecule has 2 N–H and O–H groups in total. The van der Waals surface area contributed by atoms with Gasteiger partial charge in [-0.3, -0.25) is 0 Å². The second-order valence-corrected chi connectivity index (χ2v) is 31.6. The van der Waals surface area contributed by atoms with Crippen LogP contribution < -0.4 is 0 Å². The fourth-order valence-electron chi connectivity index (χ4n) is 4.05.